The molecule has 4 heteroatoms. The third-order valence-electron chi connectivity index (χ3n) is 3.98. The first-order chi connectivity index (χ1) is 11.7. The second-order valence-corrected chi connectivity index (χ2v) is 5.57. The van der Waals surface area contributed by atoms with Crippen molar-refractivity contribution >= 4 is 6.29 Å². The largest absolute Gasteiger partial charge is 0.493 e. The smallest absolute Gasteiger partial charge is 0.161 e. The number of ether oxygens (including phenoxy) is 3. The molecule has 0 saturated heterocycles. The molecule has 128 valence electrons. The monoisotopic (exact) mass is 328 g/mol. The summed E-state index contributed by atoms with van der Waals surface area (Å²) < 4.78 is 16.8. The van der Waals surface area contributed by atoms with Gasteiger partial charge in [0.25, 0.3) is 0 Å². The molecule has 0 bridgehead atoms. The molecule has 0 radical (unpaired) electrons. The van der Waals surface area contributed by atoms with Crippen LogP contribution in [0.2, 0.25) is 0 Å². The summed E-state index contributed by atoms with van der Waals surface area (Å²) in [4.78, 5) is 10.8. The molecule has 0 fully saturated rings. The van der Waals surface area contributed by atoms with E-state index in [4.69, 9.17) is 14.2 Å². The molecule has 2 aromatic rings. The van der Waals surface area contributed by atoms with E-state index in [9.17, 15) is 4.79 Å². The highest BCUT2D eigenvalue weighted by Crippen LogP contribution is 2.29. The summed E-state index contributed by atoms with van der Waals surface area (Å²) in [5.74, 6) is 2.50. The van der Waals surface area contributed by atoms with Gasteiger partial charge in [0.05, 0.1) is 7.11 Å². The number of carbonyl (C=O) groups is 1. The summed E-state index contributed by atoms with van der Waals surface area (Å²) in [6.07, 6.45) is 1.85. The van der Waals surface area contributed by atoms with Gasteiger partial charge in [0, 0.05) is 5.56 Å². The predicted octanol–water partition coefficient (Wildman–Crippen LogP) is 4.48. The third kappa shape index (κ3) is 4.51. The molecule has 0 aromatic heterocycles. The van der Waals surface area contributed by atoms with Crippen molar-refractivity contribution in [3.05, 3.63) is 53.6 Å². The fraction of sp³-hybridized carbons (Fsp3) is 0.350. The van der Waals surface area contributed by atoms with Gasteiger partial charge in [-0.1, -0.05) is 32.0 Å². The van der Waals surface area contributed by atoms with E-state index in [0.29, 0.717) is 36.2 Å². The lowest BCUT2D eigenvalue weighted by Gasteiger charge is -2.16. The minimum absolute atomic E-state index is 0.394. The number of hydrogen-bond donors (Lipinski definition) is 0. The first kappa shape index (κ1) is 17.9. The second-order valence-electron chi connectivity index (χ2n) is 5.57. The quantitative estimate of drug-likeness (QED) is 0.503. The number of benzene rings is 2. The first-order valence-electron chi connectivity index (χ1n) is 8.17. The van der Waals surface area contributed by atoms with E-state index in [1.165, 1.54) is 5.56 Å². The molecule has 24 heavy (non-hydrogen) atoms. The van der Waals surface area contributed by atoms with Crippen LogP contribution in [0.4, 0.5) is 0 Å². The molecule has 0 unspecified atom stereocenters. The zero-order valence-corrected chi connectivity index (χ0v) is 14.5. The molecule has 0 heterocycles. The van der Waals surface area contributed by atoms with Crippen molar-refractivity contribution in [2.45, 2.75) is 26.2 Å². The van der Waals surface area contributed by atoms with Crippen LogP contribution in [-0.2, 0) is 0 Å². The van der Waals surface area contributed by atoms with Crippen LogP contribution in [0.1, 0.15) is 42.1 Å². The highest BCUT2D eigenvalue weighted by molar-refractivity contribution is 5.76. The van der Waals surface area contributed by atoms with Gasteiger partial charge in [0.2, 0.25) is 0 Å². The van der Waals surface area contributed by atoms with Gasteiger partial charge >= 0.3 is 0 Å². The number of carbonyl (C=O) groups excluding carboxylic acids is 1. The molecule has 0 amide bonds. The molecule has 2 aromatic carbocycles. The van der Waals surface area contributed by atoms with Crippen LogP contribution in [0.3, 0.4) is 0 Å². The maximum Gasteiger partial charge on any atom is 0.161 e. The molecular formula is C20H24O4. The van der Waals surface area contributed by atoms with Crippen LogP contribution < -0.4 is 14.2 Å². The Labute approximate surface area is 143 Å². The molecular weight excluding hydrogens is 304 g/mol. The van der Waals surface area contributed by atoms with E-state index in [1.807, 2.05) is 18.2 Å². The Morgan fingerprint density at radius 3 is 2.38 bits per heavy atom. The van der Waals surface area contributed by atoms with Gasteiger partial charge in [-0.25, -0.2) is 0 Å². The van der Waals surface area contributed by atoms with E-state index >= 15 is 0 Å². The van der Waals surface area contributed by atoms with Gasteiger partial charge < -0.3 is 14.2 Å². The highest BCUT2D eigenvalue weighted by atomic mass is 16.5. The van der Waals surface area contributed by atoms with Gasteiger partial charge in [-0.2, -0.15) is 0 Å². The summed E-state index contributed by atoms with van der Waals surface area (Å²) >= 11 is 0. The highest BCUT2D eigenvalue weighted by Gasteiger charge is 2.10. The van der Waals surface area contributed by atoms with Crippen molar-refractivity contribution < 1.29 is 19.0 Å². The first-order valence-corrected chi connectivity index (χ1v) is 8.17. The fourth-order valence-corrected chi connectivity index (χ4v) is 2.42. The zero-order valence-electron chi connectivity index (χ0n) is 14.5. The van der Waals surface area contributed by atoms with E-state index in [1.54, 1.807) is 25.3 Å². The van der Waals surface area contributed by atoms with Crippen molar-refractivity contribution in [3.8, 4) is 17.2 Å². The SMILES string of the molecule is CC[C@@H](C)c1ccccc1OCCOc1ccc(C=O)cc1OC. The maximum atomic E-state index is 10.8. The van der Waals surface area contributed by atoms with Crippen LogP contribution in [0.5, 0.6) is 17.2 Å². The van der Waals surface area contributed by atoms with Gasteiger partial charge in [0.15, 0.2) is 11.5 Å². The van der Waals surface area contributed by atoms with Gasteiger partial charge in [0.1, 0.15) is 25.2 Å². The van der Waals surface area contributed by atoms with Crippen molar-refractivity contribution in [3.63, 3.8) is 0 Å². The Morgan fingerprint density at radius 1 is 1.00 bits per heavy atom. The van der Waals surface area contributed by atoms with Crippen LogP contribution in [0.15, 0.2) is 42.5 Å². The molecule has 0 aliphatic rings. The second kappa shape index (κ2) is 8.96. The lowest BCUT2D eigenvalue weighted by atomic mass is 9.98. The fourth-order valence-electron chi connectivity index (χ4n) is 2.42. The number of aldehydes is 1. The van der Waals surface area contributed by atoms with Crippen molar-refractivity contribution in [1.29, 1.82) is 0 Å². The summed E-state index contributed by atoms with van der Waals surface area (Å²) in [5, 5.41) is 0. The summed E-state index contributed by atoms with van der Waals surface area (Å²) in [7, 11) is 1.55. The van der Waals surface area contributed by atoms with E-state index in [-0.39, 0.29) is 0 Å². The molecule has 0 N–H and O–H groups in total. The van der Waals surface area contributed by atoms with Gasteiger partial charge in [-0.15, -0.1) is 0 Å². The molecule has 2 rings (SSSR count). The molecule has 4 nitrogen and oxygen atoms in total. The van der Waals surface area contributed by atoms with Crippen LogP contribution in [0.25, 0.3) is 0 Å². The number of para-hydroxylation sites is 1. The Morgan fingerprint density at radius 2 is 1.71 bits per heavy atom. The Bertz CT molecular complexity index is 666. The Balaban J connectivity index is 1.93. The number of rotatable bonds is 9. The minimum atomic E-state index is 0.394. The predicted molar refractivity (Wildman–Crippen MR) is 94.5 cm³/mol. The third-order valence-corrected chi connectivity index (χ3v) is 3.98. The maximum absolute atomic E-state index is 10.8. The van der Waals surface area contributed by atoms with Crippen molar-refractivity contribution in [1.82, 2.24) is 0 Å². The number of methoxy groups -OCH3 is 1. The number of hydrogen-bond acceptors (Lipinski definition) is 4. The zero-order chi connectivity index (χ0) is 17.4. The normalized spacial score (nSPS) is 11.6. The van der Waals surface area contributed by atoms with Crippen LogP contribution in [-0.4, -0.2) is 26.6 Å². The van der Waals surface area contributed by atoms with Crippen molar-refractivity contribution in [2.24, 2.45) is 0 Å². The molecule has 0 spiro atoms. The van der Waals surface area contributed by atoms with E-state index < -0.39 is 0 Å². The molecule has 1 atom stereocenters. The lowest BCUT2D eigenvalue weighted by Crippen LogP contribution is -2.11. The van der Waals surface area contributed by atoms with E-state index in [2.05, 4.69) is 19.9 Å². The molecule has 0 aliphatic heterocycles. The van der Waals surface area contributed by atoms with Crippen LogP contribution in [0, 0.1) is 0 Å². The summed E-state index contributed by atoms with van der Waals surface area (Å²) in [6, 6.07) is 13.2. The summed E-state index contributed by atoms with van der Waals surface area (Å²) in [5.41, 5.74) is 1.77. The topological polar surface area (TPSA) is 44.8 Å². The summed E-state index contributed by atoms with van der Waals surface area (Å²) in [6.45, 7) is 5.19. The minimum Gasteiger partial charge on any atom is -0.493 e. The van der Waals surface area contributed by atoms with E-state index in [0.717, 1.165) is 18.5 Å². The van der Waals surface area contributed by atoms with Gasteiger partial charge in [-0.05, 0) is 42.2 Å². The Kier molecular flexibility index (Phi) is 6.67. The lowest BCUT2D eigenvalue weighted by molar-refractivity contribution is 0.112. The van der Waals surface area contributed by atoms with Gasteiger partial charge in [-0.3, -0.25) is 4.79 Å². The molecule has 0 saturated carbocycles. The van der Waals surface area contributed by atoms with Crippen molar-refractivity contribution in [2.75, 3.05) is 20.3 Å². The average Bonchev–Trinajstić information content (AvgIpc) is 2.64. The standard InChI is InChI=1S/C20H24O4/c1-4-15(2)17-7-5-6-8-18(17)23-11-12-24-19-10-9-16(14-21)13-20(19)22-3/h5-10,13-15H,4,11-12H2,1-3H3/t15-/m1/s1. The Hall–Kier alpha value is -2.49. The molecule has 0 aliphatic carbocycles. The van der Waals surface area contributed by atoms with Crippen LogP contribution >= 0.6 is 0 Å². The average molecular weight is 328 g/mol.